The van der Waals surface area contributed by atoms with Gasteiger partial charge in [-0.1, -0.05) is 47.6 Å². The molecule has 1 aliphatic heterocycles. The minimum absolute atomic E-state index is 0.109. The Morgan fingerprint density at radius 1 is 1.02 bits per heavy atom. The van der Waals surface area contributed by atoms with E-state index in [0.717, 1.165) is 23.2 Å². The monoisotopic (exact) mass is 595 g/mol. The zero-order chi connectivity index (χ0) is 31.2. The number of aromatic nitrogens is 1. The molecule has 11 heteroatoms. The highest BCUT2D eigenvalue weighted by molar-refractivity contribution is 6.03. The average Bonchev–Trinajstić information content (AvgIpc) is 3.66. The molecule has 226 valence electrons. The SMILES string of the molecule is Cc1cc(C(=O)NC(CCC(=O)O)c2ccc(N(C)C(=O)Cc3ccc(NC(=O)N4CCc5ccccc54)cc3)cc2)no1. The maximum Gasteiger partial charge on any atom is 0.326 e. The van der Waals surface area contributed by atoms with Gasteiger partial charge in [-0.25, -0.2) is 4.79 Å². The van der Waals surface area contributed by atoms with Crippen LogP contribution in [0.4, 0.5) is 21.9 Å². The van der Waals surface area contributed by atoms with E-state index in [9.17, 15) is 24.3 Å². The lowest BCUT2D eigenvalue weighted by Gasteiger charge is -2.21. The first-order chi connectivity index (χ1) is 21.2. The van der Waals surface area contributed by atoms with Gasteiger partial charge in [0.15, 0.2) is 5.69 Å². The number of aryl methyl sites for hydroxylation is 1. The molecule has 44 heavy (non-hydrogen) atoms. The van der Waals surface area contributed by atoms with Crippen molar-refractivity contribution < 1.29 is 28.8 Å². The third kappa shape index (κ3) is 7.12. The van der Waals surface area contributed by atoms with E-state index < -0.39 is 17.9 Å². The second-order valence-electron chi connectivity index (χ2n) is 10.7. The number of carboxylic acid groups (broad SMARTS) is 1. The molecule has 4 amide bonds. The Morgan fingerprint density at radius 3 is 2.43 bits per heavy atom. The normalized spacial score (nSPS) is 12.7. The standard InChI is InChI=1S/C33H33N5O6/c1-21-19-28(36-44-21)32(42)35-27(15-16-31(40)41)23-9-13-26(14-10-23)37(2)30(39)20-22-7-11-25(12-8-22)34-33(43)38-18-17-24-5-3-4-6-29(24)38/h3-14,19,27H,15-18,20H2,1-2H3,(H,34,43)(H,35,42)(H,40,41). The van der Waals surface area contributed by atoms with Gasteiger partial charge in [0.05, 0.1) is 12.5 Å². The van der Waals surface area contributed by atoms with Gasteiger partial charge in [-0.15, -0.1) is 0 Å². The van der Waals surface area contributed by atoms with Gasteiger partial charge in [-0.2, -0.15) is 0 Å². The summed E-state index contributed by atoms with van der Waals surface area (Å²) in [6.45, 7) is 2.30. The fraction of sp³-hybridized carbons (Fsp3) is 0.242. The molecule has 2 heterocycles. The van der Waals surface area contributed by atoms with Crippen molar-refractivity contribution in [3.05, 3.63) is 107 Å². The van der Waals surface area contributed by atoms with E-state index in [1.54, 1.807) is 55.3 Å². The lowest BCUT2D eigenvalue weighted by Crippen LogP contribution is -2.33. The van der Waals surface area contributed by atoms with Gasteiger partial charge in [-0.05, 0) is 66.8 Å². The fourth-order valence-electron chi connectivity index (χ4n) is 5.11. The van der Waals surface area contributed by atoms with Crippen LogP contribution >= 0.6 is 0 Å². The van der Waals surface area contributed by atoms with E-state index in [-0.39, 0.29) is 36.9 Å². The molecule has 1 aromatic heterocycles. The Bertz CT molecular complexity index is 1660. The summed E-state index contributed by atoms with van der Waals surface area (Å²) in [6.07, 6.45) is 1.01. The highest BCUT2D eigenvalue weighted by atomic mass is 16.5. The highest BCUT2D eigenvalue weighted by Gasteiger charge is 2.24. The lowest BCUT2D eigenvalue weighted by atomic mass is 10.0. The largest absolute Gasteiger partial charge is 0.481 e. The van der Waals surface area contributed by atoms with Crippen LogP contribution in [-0.4, -0.2) is 47.7 Å². The first-order valence-electron chi connectivity index (χ1n) is 14.3. The molecular formula is C33H33N5O6. The summed E-state index contributed by atoms with van der Waals surface area (Å²) in [5.74, 6) is -1.10. The number of benzene rings is 3. The Morgan fingerprint density at radius 2 is 1.75 bits per heavy atom. The van der Waals surface area contributed by atoms with Gasteiger partial charge >= 0.3 is 12.0 Å². The van der Waals surface area contributed by atoms with Crippen molar-refractivity contribution in [2.45, 2.75) is 38.6 Å². The number of rotatable bonds is 10. The van der Waals surface area contributed by atoms with Crippen molar-refractivity contribution in [1.29, 1.82) is 0 Å². The van der Waals surface area contributed by atoms with Crippen LogP contribution < -0.4 is 20.4 Å². The van der Waals surface area contributed by atoms with E-state index in [4.69, 9.17) is 4.52 Å². The zero-order valence-electron chi connectivity index (χ0n) is 24.4. The molecule has 4 aromatic rings. The number of nitrogens with one attached hydrogen (secondary N) is 2. The summed E-state index contributed by atoms with van der Waals surface area (Å²) in [6, 6.07) is 22.8. The van der Waals surface area contributed by atoms with Crippen molar-refractivity contribution >= 4 is 40.9 Å². The van der Waals surface area contributed by atoms with E-state index in [2.05, 4.69) is 15.8 Å². The molecule has 0 saturated carbocycles. The molecule has 0 radical (unpaired) electrons. The summed E-state index contributed by atoms with van der Waals surface area (Å²) in [4.78, 5) is 53.0. The van der Waals surface area contributed by atoms with Gasteiger partial charge in [-0.3, -0.25) is 19.3 Å². The van der Waals surface area contributed by atoms with Crippen LogP contribution in [0.15, 0.2) is 83.4 Å². The number of carbonyl (C=O) groups is 4. The predicted molar refractivity (Wildman–Crippen MR) is 165 cm³/mol. The molecule has 0 spiro atoms. The van der Waals surface area contributed by atoms with Crippen LogP contribution in [-0.2, 0) is 22.4 Å². The minimum Gasteiger partial charge on any atom is -0.481 e. The Balaban J connectivity index is 1.18. The maximum absolute atomic E-state index is 13.1. The van der Waals surface area contributed by atoms with Gasteiger partial charge in [0.1, 0.15) is 5.76 Å². The first-order valence-corrected chi connectivity index (χ1v) is 14.3. The number of hydrogen-bond donors (Lipinski definition) is 3. The van der Waals surface area contributed by atoms with Crippen molar-refractivity contribution in [3.63, 3.8) is 0 Å². The third-order valence-corrected chi connectivity index (χ3v) is 7.56. The van der Waals surface area contributed by atoms with Crippen molar-refractivity contribution in [2.75, 3.05) is 28.7 Å². The molecule has 3 aromatic carbocycles. The number of hydrogen-bond acceptors (Lipinski definition) is 6. The van der Waals surface area contributed by atoms with Crippen LogP contribution in [0.2, 0.25) is 0 Å². The highest BCUT2D eigenvalue weighted by Crippen LogP contribution is 2.28. The number of amides is 4. The summed E-state index contributed by atoms with van der Waals surface area (Å²) < 4.78 is 4.97. The summed E-state index contributed by atoms with van der Waals surface area (Å²) in [5, 5.41) is 18.7. The minimum atomic E-state index is -0.976. The van der Waals surface area contributed by atoms with Crippen LogP contribution in [0, 0.1) is 6.92 Å². The molecule has 1 aliphatic rings. The van der Waals surface area contributed by atoms with Crippen LogP contribution in [0.3, 0.4) is 0 Å². The molecule has 3 N–H and O–H groups in total. The number of anilines is 3. The molecule has 0 aliphatic carbocycles. The average molecular weight is 596 g/mol. The third-order valence-electron chi connectivity index (χ3n) is 7.56. The molecule has 1 atom stereocenters. The Hall–Kier alpha value is -5.45. The fourth-order valence-corrected chi connectivity index (χ4v) is 5.11. The number of likely N-dealkylation sites (N-methyl/N-ethyl adjacent to an activating group) is 1. The molecule has 0 fully saturated rings. The number of aliphatic carboxylic acids is 1. The summed E-state index contributed by atoms with van der Waals surface area (Å²) in [7, 11) is 1.68. The van der Waals surface area contributed by atoms with Gasteiger partial charge in [0.25, 0.3) is 5.91 Å². The molecule has 0 saturated heterocycles. The van der Waals surface area contributed by atoms with E-state index >= 15 is 0 Å². The quantitative estimate of drug-likeness (QED) is 0.231. The first kappa shape index (κ1) is 30.0. The molecule has 11 nitrogen and oxygen atoms in total. The van der Waals surface area contributed by atoms with Crippen LogP contribution in [0.5, 0.6) is 0 Å². The van der Waals surface area contributed by atoms with E-state index in [0.29, 0.717) is 29.2 Å². The van der Waals surface area contributed by atoms with E-state index in [1.807, 2.05) is 36.4 Å². The Labute approximate surface area is 254 Å². The number of carboxylic acids is 1. The number of fused-ring (bicyclic) bond motifs is 1. The van der Waals surface area contributed by atoms with Crippen molar-refractivity contribution in [1.82, 2.24) is 10.5 Å². The van der Waals surface area contributed by atoms with Crippen molar-refractivity contribution in [2.24, 2.45) is 0 Å². The Kier molecular flexibility index (Phi) is 9.03. The lowest BCUT2D eigenvalue weighted by molar-refractivity contribution is -0.137. The van der Waals surface area contributed by atoms with Gasteiger partial charge in [0, 0.05) is 43.1 Å². The molecule has 5 rings (SSSR count). The van der Waals surface area contributed by atoms with Crippen LogP contribution in [0.1, 0.15) is 51.8 Å². The number of urea groups is 1. The second kappa shape index (κ2) is 13.2. The van der Waals surface area contributed by atoms with Crippen LogP contribution in [0.25, 0.3) is 0 Å². The topological polar surface area (TPSA) is 145 Å². The smallest absolute Gasteiger partial charge is 0.326 e. The second-order valence-corrected chi connectivity index (χ2v) is 10.7. The number of para-hydroxylation sites is 1. The zero-order valence-corrected chi connectivity index (χ0v) is 24.4. The summed E-state index contributed by atoms with van der Waals surface area (Å²) >= 11 is 0. The number of carbonyl (C=O) groups excluding carboxylic acids is 3. The van der Waals surface area contributed by atoms with E-state index in [1.165, 1.54) is 11.0 Å². The molecular weight excluding hydrogens is 562 g/mol. The maximum atomic E-state index is 13.1. The summed E-state index contributed by atoms with van der Waals surface area (Å²) in [5.41, 5.74) is 4.95. The van der Waals surface area contributed by atoms with Gasteiger partial charge in [0.2, 0.25) is 5.91 Å². The van der Waals surface area contributed by atoms with Crippen molar-refractivity contribution in [3.8, 4) is 0 Å². The molecule has 0 bridgehead atoms. The predicted octanol–water partition coefficient (Wildman–Crippen LogP) is 5.12. The van der Waals surface area contributed by atoms with Gasteiger partial charge < -0.3 is 25.2 Å². The molecule has 1 unspecified atom stereocenters. The number of nitrogens with zero attached hydrogens (tertiary/aromatic N) is 3.